The normalized spacial score (nSPS) is 21.8. The highest BCUT2D eigenvalue weighted by Crippen LogP contribution is 2.26. The van der Waals surface area contributed by atoms with Gasteiger partial charge < -0.3 is 10.2 Å². The van der Waals surface area contributed by atoms with Crippen LogP contribution in [-0.4, -0.2) is 59.5 Å². The van der Waals surface area contributed by atoms with E-state index in [-0.39, 0.29) is 0 Å². The number of aromatic nitrogens is 2. The first-order valence-electron chi connectivity index (χ1n) is 11.8. The SMILES string of the molecule is CC1=CC(Nc2cc(N3CCC(N4CCCCC4)C3)nc(/C=C/c3ccccc3)n2)=NC1. The van der Waals surface area contributed by atoms with Crippen molar-refractivity contribution in [2.75, 3.05) is 42.9 Å². The maximum atomic E-state index is 4.91. The third kappa shape index (κ3) is 5.07. The molecule has 2 fully saturated rings. The number of rotatable bonds is 5. The summed E-state index contributed by atoms with van der Waals surface area (Å²) < 4.78 is 0. The minimum absolute atomic E-state index is 0.634. The van der Waals surface area contributed by atoms with Crippen molar-refractivity contribution in [1.82, 2.24) is 14.9 Å². The summed E-state index contributed by atoms with van der Waals surface area (Å²) in [6.45, 7) is 7.42. The van der Waals surface area contributed by atoms with Crippen LogP contribution in [0.5, 0.6) is 0 Å². The number of benzene rings is 1. The Balaban J connectivity index is 1.38. The molecule has 1 aromatic heterocycles. The molecule has 0 bridgehead atoms. The second-order valence-electron chi connectivity index (χ2n) is 9.02. The molecule has 166 valence electrons. The van der Waals surface area contributed by atoms with Gasteiger partial charge in [-0.1, -0.05) is 42.8 Å². The Hall–Kier alpha value is -2.99. The lowest BCUT2D eigenvalue weighted by atomic mass is 10.1. The molecule has 1 unspecified atom stereocenters. The molecular formula is C26H32N6. The van der Waals surface area contributed by atoms with E-state index in [2.05, 4.69) is 57.4 Å². The van der Waals surface area contributed by atoms with Crippen molar-refractivity contribution in [1.29, 1.82) is 0 Å². The van der Waals surface area contributed by atoms with Gasteiger partial charge in [0.15, 0.2) is 5.82 Å². The van der Waals surface area contributed by atoms with Crippen LogP contribution in [0.15, 0.2) is 53.0 Å². The van der Waals surface area contributed by atoms with E-state index in [0.717, 1.165) is 48.5 Å². The molecule has 2 aromatic rings. The fourth-order valence-electron chi connectivity index (χ4n) is 4.76. The van der Waals surface area contributed by atoms with Gasteiger partial charge in [0.2, 0.25) is 0 Å². The monoisotopic (exact) mass is 428 g/mol. The van der Waals surface area contributed by atoms with Crippen LogP contribution in [0.1, 0.15) is 44.0 Å². The van der Waals surface area contributed by atoms with Crippen LogP contribution in [-0.2, 0) is 0 Å². The van der Waals surface area contributed by atoms with E-state index in [0.29, 0.717) is 6.04 Å². The highest BCUT2D eigenvalue weighted by Gasteiger charge is 2.29. The number of anilines is 2. The Morgan fingerprint density at radius 2 is 1.84 bits per heavy atom. The number of likely N-dealkylation sites (tertiary alicyclic amines) is 1. The van der Waals surface area contributed by atoms with Gasteiger partial charge in [0.25, 0.3) is 0 Å². The molecule has 1 aromatic carbocycles. The third-order valence-corrected chi connectivity index (χ3v) is 6.49. The van der Waals surface area contributed by atoms with Crippen molar-refractivity contribution >= 4 is 29.6 Å². The Morgan fingerprint density at radius 3 is 2.62 bits per heavy atom. The molecule has 0 aliphatic carbocycles. The summed E-state index contributed by atoms with van der Waals surface area (Å²) in [7, 11) is 0. The summed E-state index contributed by atoms with van der Waals surface area (Å²) in [6.07, 6.45) is 11.4. The molecule has 5 rings (SSSR count). The van der Waals surface area contributed by atoms with Crippen molar-refractivity contribution in [3.05, 3.63) is 59.4 Å². The Labute approximate surface area is 190 Å². The number of hydrogen-bond acceptors (Lipinski definition) is 6. The fraction of sp³-hybridized carbons (Fsp3) is 0.423. The van der Waals surface area contributed by atoms with Crippen molar-refractivity contribution in [3.8, 4) is 0 Å². The van der Waals surface area contributed by atoms with Gasteiger partial charge in [0.05, 0.1) is 6.54 Å². The maximum absolute atomic E-state index is 4.91. The smallest absolute Gasteiger partial charge is 0.156 e. The van der Waals surface area contributed by atoms with Crippen molar-refractivity contribution in [2.24, 2.45) is 4.99 Å². The molecule has 4 heterocycles. The highest BCUT2D eigenvalue weighted by atomic mass is 15.3. The van der Waals surface area contributed by atoms with Gasteiger partial charge in [-0.15, -0.1) is 0 Å². The number of aliphatic imine (C=N–C) groups is 1. The summed E-state index contributed by atoms with van der Waals surface area (Å²) in [5.41, 5.74) is 2.40. The molecule has 3 aliphatic heterocycles. The molecule has 1 atom stereocenters. The number of hydrogen-bond donors (Lipinski definition) is 1. The van der Waals surface area contributed by atoms with Gasteiger partial charge in [-0.05, 0) is 62.6 Å². The van der Waals surface area contributed by atoms with E-state index >= 15 is 0 Å². The predicted molar refractivity (Wildman–Crippen MR) is 133 cm³/mol. The molecule has 0 saturated carbocycles. The van der Waals surface area contributed by atoms with Crippen LogP contribution < -0.4 is 10.2 Å². The number of piperidine rings is 1. The summed E-state index contributed by atoms with van der Waals surface area (Å²) in [5, 5.41) is 3.40. The van der Waals surface area contributed by atoms with E-state index in [1.165, 1.54) is 44.3 Å². The second kappa shape index (κ2) is 9.65. The van der Waals surface area contributed by atoms with Crippen LogP contribution in [0.2, 0.25) is 0 Å². The molecule has 6 nitrogen and oxygen atoms in total. The zero-order valence-corrected chi connectivity index (χ0v) is 18.9. The zero-order chi connectivity index (χ0) is 21.8. The van der Waals surface area contributed by atoms with Crippen LogP contribution in [0.25, 0.3) is 12.2 Å². The lowest BCUT2D eigenvalue weighted by molar-refractivity contribution is 0.175. The topological polar surface area (TPSA) is 56.6 Å². The number of amidine groups is 1. The Bertz CT molecular complexity index is 1020. The average Bonchev–Trinajstić information content (AvgIpc) is 3.48. The average molecular weight is 429 g/mol. The van der Waals surface area contributed by atoms with Crippen molar-refractivity contribution in [3.63, 3.8) is 0 Å². The lowest BCUT2D eigenvalue weighted by Gasteiger charge is -2.32. The predicted octanol–water partition coefficient (Wildman–Crippen LogP) is 4.48. The Morgan fingerprint density at radius 1 is 1.00 bits per heavy atom. The number of nitrogens with one attached hydrogen (secondary N) is 1. The molecule has 0 amide bonds. The largest absolute Gasteiger partial charge is 0.355 e. The molecule has 0 spiro atoms. The second-order valence-corrected chi connectivity index (χ2v) is 9.02. The van der Waals surface area contributed by atoms with E-state index in [1.54, 1.807) is 0 Å². The standard InChI is InChI=1S/C26H32N6/c1-20-16-24(27-18-20)29-25-17-26(30-23(28-25)11-10-21-8-4-2-5-9-21)32-15-12-22(19-32)31-13-6-3-7-14-31/h2,4-5,8-11,16-17,22H,3,6-7,12-15,18-19H2,1H3,(H,27,28,29,30)/b11-10+. The molecule has 0 radical (unpaired) electrons. The minimum Gasteiger partial charge on any atom is -0.355 e. The summed E-state index contributed by atoms with van der Waals surface area (Å²) >= 11 is 0. The molecule has 1 N–H and O–H groups in total. The van der Waals surface area contributed by atoms with E-state index in [4.69, 9.17) is 9.97 Å². The van der Waals surface area contributed by atoms with E-state index in [9.17, 15) is 0 Å². The number of nitrogens with zero attached hydrogens (tertiary/aromatic N) is 5. The van der Waals surface area contributed by atoms with Gasteiger partial charge in [0.1, 0.15) is 17.5 Å². The molecular weight excluding hydrogens is 396 g/mol. The molecule has 6 heteroatoms. The van der Waals surface area contributed by atoms with Gasteiger partial charge in [-0.25, -0.2) is 9.97 Å². The van der Waals surface area contributed by atoms with Crippen molar-refractivity contribution in [2.45, 2.75) is 38.6 Å². The van der Waals surface area contributed by atoms with Crippen LogP contribution in [0, 0.1) is 0 Å². The zero-order valence-electron chi connectivity index (χ0n) is 18.9. The van der Waals surface area contributed by atoms with Gasteiger partial charge in [-0.3, -0.25) is 9.89 Å². The van der Waals surface area contributed by atoms with Gasteiger partial charge in [-0.2, -0.15) is 0 Å². The molecule has 2 saturated heterocycles. The first kappa shape index (κ1) is 20.9. The van der Waals surface area contributed by atoms with Crippen LogP contribution >= 0.6 is 0 Å². The van der Waals surface area contributed by atoms with Crippen LogP contribution in [0.4, 0.5) is 11.6 Å². The summed E-state index contributed by atoms with van der Waals surface area (Å²) in [5.74, 6) is 3.38. The van der Waals surface area contributed by atoms with E-state index in [1.807, 2.05) is 24.3 Å². The van der Waals surface area contributed by atoms with Gasteiger partial charge in [0, 0.05) is 25.2 Å². The first-order chi connectivity index (χ1) is 15.7. The van der Waals surface area contributed by atoms with E-state index < -0.39 is 0 Å². The maximum Gasteiger partial charge on any atom is 0.156 e. The first-order valence-corrected chi connectivity index (χ1v) is 11.8. The lowest BCUT2D eigenvalue weighted by Crippen LogP contribution is -2.41. The molecule has 32 heavy (non-hydrogen) atoms. The highest BCUT2D eigenvalue weighted by molar-refractivity contribution is 6.05. The summed E-state index contributed by atoms with van der Waals surface area (Å²) in [4.78, 5) is 19.3. The summed E-state index contributed by atoms with van der Waals surface area (Å²) in [6, 6.07) is 13.0. The molecule has 3 aliphatic rings. The van der Waals surface area contributed by atoms with Crippen LogP contribution in [0.3, 0.4) is 0 Å². The van der Waals surface area contributed by atoms with Crippen molar-refractivity contribution < 1.29 is 0 Å². The fourth-order valence-corrected chi connectivity index (χ4v) is 4.76. The third-order valence-electron chi connectivity index (χ3n) is 6.49. The quantitative estimate of drug-likeness (QED) is 0.761. The van der Waals surface area contributed by atoms with Gasteiger partial charge >= 0.3 is 0 Å². The Kier molecular flexibility index (Phi) is 6.30. The minimum atomic E-state index is 0.634.